The molecule has 0 unspecified atom stereocenters. The molecule has 0 aliphatic heterocycles. The van der Waals surface area contributed by atoms with Crippen LogP contribution >= 0.6 is 0 Å². The fraction of sp³-hybridized carbons (Fsp3) is 0.312. The standard InChI is InChI=1S/C16H17N5O/c1-20(9-11-5-3-2-4-6-11)14-13-15(18-10-17-14)21(12-7-8-12)16(22)19-13/h2-6,10,12H,7-9H2,1H3,(H,19,22). The average Bonchev–Trinajstić information content (AvgIpc) is 3.29. The van der Waals surface area contributed by atoms with Gasteiger partial charge in [-0.3, -0.25) is 4.57 Å². The largest absolute Gasteiger partial charge is 0.353 e. The fourth-order valence-corrected chi connectivity index (χ4v) is 2.82. The monoisotopic (exact) mass is 295 g/mol. The highest BCUT2D eigenvalue weighted by atomic mass is 16.1. The Hall–Kier alpha value is -2.63. The molecule has 0 bridgehead atoms. The van der Waals surface area contributed by atoms with E-state index in [9.17, 15) is 4.79 Å². The van der Waals surface area contributed by atoms with Gasteiger partial charge in [-0.05, 0) is 18.4 Å². The summed E-state index contributed by atoms with van der Waals surface area (Å²) in [6.07, 6.45) is 3.63. The van der Waals surface area contributed by atoms with E-state index in [1.165, 1.54) is 11.9 Å². The van der Waals surface area contributed by atoms with Crippen molar-refractivity contribution in [3.63, 3.8) is 0 Å². The summed E-state index contributed by atoms with van der Waals surface area (Å²) >= 11 is 0. The van der Waals surface area contributed by atoms with Gasteiger partial charge in [-0.25, -0.2) is 14.8 Å². The summed E-state index contributed by atoms with van der Waals surface area (Å²) in [7, 11) is 1.97. The highest BCUT2D eigenvalue weighted by Gasteiger charge is 2.29. The molecule has 1 fully saturated rings. The van der Waals surface area contributed by atoms with Crippen LogP contribution in [0.1, 0.15) is 24.4 Å². The molecule has 4 rings (SSSR count). The predicted molar refractivity (Wildman–Crippen MR) is 85.0 cm³/mol. The van der Waals surface area contributed by atoms with E-state index < -0.39 is 0 Å². The summed E-state index contributed by atoms with van der Waals surface area (Å²) in [5.41, 5.74) is 2.53. The van der Waals surface area contributed by atoms with Gasteiger partial charge in [-0.2, -0.15) is 0 Å². The van der Waals surface area contributed by atoms with Gasteiger partial charge in [0.25, 0.3) is 0 Å². The van der Waals surface area contributed by atoms with Crippen molar-refractivity contribution in [2.75, 3.05) is 11.9 Å². The number of aromatic nitrogens is 4. The van der Waals surface area contributed by atoms with Gasteiger partial charge in [0, 0.05) is 19.6 Å². The minimum Gasteiger partial charge on any atom is -0.353 e. The molecule has 0 atom stereocenters. The molecule has 2 aromatic heterocycles. The Morgan fingerprint density at radius 1 is 1.27 bits per heavy atom. The molecule has 3 aromatic rings. The summed E-state index contributed by atoms with van der Waals surface area (Å²) in [5.74, 6) is 0.755. The number of aromatic amines is 1. The van der Waals surface area contributed by atoms with E-state index in [1.807, 2.05) is 30.1 Å². The molecule has 1 aromatic carbocycles. The molecule has 0 amide bonds. The Morgan fingerprint density at radius 2 is 2.05 bits per heavy atom. The lowest BCUT2D eigenvalue weighted by Crippen LogP contribution is -2.18. The first-order valence-corrected chi connectivity index (χ1v) is 7.44. The summed E-state index contributed by atoms with van der Waals surface area (Å²) in [4.78, 5) is 25.8. The number of fused-ring (bicyclic) bond motifs is 1. The molecule has 22 heavy (non-hydrogen) atoms. The minimum absolute atomic E-state index is 0.0904. The highest BCUT2D eigenvalue weighted by molar-refractivity contribution is 5.83. The molecule has 6 nitrogen and oxygen atoms in total. The Bertz CT molecular complexity index is 863. The normalized spacial score (nSPS) is 14.4. The van der Waals surface area contributed by atoms with Crippen LogP contribution in [0.2, 0.25) is 0 Å². The number of benzene rings is 1. The van der Waals surface area contributed by atoms with Crippen LogP contribution in [0.4, 0.5) is 5.82 Å². The maximum Gasteiger partial charge on any atom is 0.328 e. The van der Waals surface area contributed by atoms with E-state index in [0.29, 0.717) is 11.7 Å². The summed E-state index contributed by atoms with van der Waals surface area (Å²) in [6.45, 7) is 0.726. The van der Waals surface area contributed by atoms with Crippen LogP contribution in [-0.2, 0) is 6.54 Å². The second-order valence-electron chi connectivity index (χ2n) is 5.77. The second-order valence-corrected chi connectivity index (χ2v) is 5.77. The van der Waals surface area contributed by atoms with Crippen molar-refractivity contribution < 1.29 is 0 Å². The van der Waals surface area contributed by atoms with Crippen molar-refractivity contribution in [3.8, 4) is 0 Å². The molecule has 0 spiro atoms. The van der Waals surface area contributed by atoms with Gasteiger partial charge in [0.15, 0.2) is 11.5 Å². The van der Waals surface area contributed by atoms with Crippen LogP contribution < -0.4 is 10.6 Å². The third-order valence-electron chi connectivity index (χ3n) is 4.02. The molecule has 0 saturated heterocycles. The first-order valence-electron chi connectivity index (χ1n) is 7.44. The second kappa shape index (κ2) is 4.98. The van der Waals surface area contributed by atoms with Crippen LogP contribution in [0.3, 0.4) is 0 Å². The van der Waals surface area contributed by atoms with Gasteiger partial charge >= 0.3 is 5.69 Å². The lowest BCUT2D eigenvalue weighted by Gasteiger charge is -2.18. The third-order valence-corrected chi connectivity index (χ3v) is 4.02. The SMILES string of the molecule is CN(Cc1ccccc1)c1ncnc2c1[nH]c(=O)n2C1CC1. The minimum atomic E-state index is -0.0904. The highest BCUT2D eigenvalue weighted by Crippen LogP contribution is 2.36. The number of hydrogen-bond acceptors (Lipinski definition) is 4. The number of hydrogen-bond donors (Lipinski definition) is 1. The molecule has 1 aliphatic carbocycles. The summed E-state index contributed by atoms with van der Waals surface area (Å²) in [5, 5.41) is 0. The van der Waals surface area contributed by atoms with Crippen molar-refractivity contribution in [1.82, 2.24) is 19.5 Å². The molecular formula is C16H17N5O. The quantitative estimate of drug-likeness (QED) is 0.800. The zero-order valence-corrected chi connectivity index (χ0v) is 12.4. The Kier molecular flexibility index (Phi) is 2.96. The molecular weight excluding hydrogens is 278 g/mol. The lowest BCUT2D eigenvalue weighted by molar-refractivity contribution is 0.725. The average molecular weight is 295 g/mol. The third kappa shape index (κ3) is 2.16. The number of anilines is 1. The smallest absolute Gasteiger partial charge is 0.328 e. The number of nitrogens with zero attached hydrogens (tertiary/aromatic N) is 4. The van der Waals surface area contributed by atoms with E-state index in [1.54, 1.807) is 4.57 Å². The number of H-pyrrole nitrogens is 1. The maximum atomic E-state index is 12.2. The van der Waals surface area contributed by atoms with Gasteiger partial charge in [0.2, 0.25) is 0 Å². The van der Waals surface area contributed by atoms with Crippen LogP contribution in [-0.4, -0.2) is 26.6 Å². The molecule has 1 saturated carbocycles. The first kappa shape index (κ1) is 13.1. The van der Waals surface area contributed by atoms with Crippen LogP contribution in [0.25, 0.3) is 11.2 Å². The Balaban J connectivity index is 1.75. The van der Waals surface area contributed by atoms with Crippen LogP contribution in [0.5, 0.6) is 0 Å². The number of imidazole rings is 1. The van der Waals surface area contributed by atoms with Gasteiger partial charge < -0.3 is 9.88 Å². The zero-order valence-electron chi connectivity index (χ0n) is 12.4. The van der Waals surface area contributed by atoms with Crippen LogP contribution in [0, 0.1) is 0 Å². The van der Waals surface area contributed by atoms with Gasteiger partial charge in [-0.1, -0.05) is 30.3 Å². The first-order chi connectivity index (χ1) is 10.7. The fourth-order valence-electron chi connectivity index (χ4n) is 2.82. The molecule has 1 N–H and O–H groups in total. The van der Waals surface area contributed by atoms with E-state index in [2.05, 4.69) is 27.1 Å². The molecule has 1 aliphatic rings. The lowest BCUT2D eigenvalue weighted by atomic mass is 10.2. The van der Waals surface area contributed by atoms with Crippen molar-refractivity contribution in [1.29, 1.82) is 0 Å². The van der Waals surface area contributed by atoms with E-state index in [0.717, 1.165) is 30.7 Å². The maximum absolute atomic E-state index is 12.2. The van der Waals surface area contributed by atoms with Crippen molar-refractivity contribution in [2.45, 2.75) is 25.4 Å². The molecule has 2 heterocycles. The molecule has 0 radical (unpaired) electrons. The van der Waals surface area contributed by atoms with Crippen molar-refractivity contribution in [2.24, 2.45) is 0 Å². The number of rotatable bonds is 4. The van der Waals surface area contributed by atoms with Crippen LogP contribution in [0.15, 0.2) is 41.5 Å². The van der Waals surface area contributed by atoms with Crippen molar-refractivity contribution >= 4 is 17.0 Å². The number of nitrogens with one attached hydrogen (secondary N) is 1. The predicted octanol–water partition coefficient (Wildman–Crippen LogP) is 2.09. The van der Waals surface area contributed by atoms with Gasteiger partial charge in [0.1, 0.15) is 11.8 Å². The molecule has 112 valence electrons. The molecule has 6 heteroatoms. The van der Waals surface area contributed by atoms with E-state index >= 15 is 0 Å². The Labute approximate surface area is 127 Å². The zero-order chi connectivity index (χ0) is 15.1. The summed E-state index contributed by atoms with van der Waals surface area (Å²) in [6, 6.07) is 10.5. The van der Waals surface area contributed by atoms with E-state index in [-0.39, 0.29) is 5.69 Å². The van der Waals surface area contributed by atoms with Gasteiger partial charge in [-0.15, -0.1) is 0 Å². The van der Waals surface area contributed by atoms with E-state index in [4.69, 9.17) is 0 Å². The summed E-state index contributed by atoms with van der Waals surface area (Å²) < 4.78 is 1.76. The topological polar surface area (TPSA) is 66.8 Å². The van der Waals surface area contributed by atoms with Crippen molar-refractivity contribution in [3.05, 3.63) is 52.7 Å². The van der Waals surface area contributed by atoms with Gasteiger partial charge in [0.05, 0.1) is 0 Å². The Morgan fingerprint density at radius 3 is 2.77 bits per heavy atom.